The van der Waals surface area contributed by atoms with Gasteiger partial charge in [-0.15, -0.1) is 12.4 Å². The fourth-order valence-electron chi connectivity index (χ4n) is 14.0. The lowest BCUT2D eigenvalue weighted by molar-refractivity contribution is -0.137. The Bertz CT molecular complexity index is 3510. The molecule has 12 rings (SSSR count). The number of likely N-dealkylation sites (tertiary alicyclic amines) is 2. The van der Waals surface area contributed by atoms with Gasteiger partial charge in [-0.1, -0.05) is 109 Å². The van der Waals surface area contributed by atoms with E-state index in [4.69, 9.17) is 14.6 Å². The maximum Gasteiger partial charge on any atom is 0.410 e. The molecule has 6 aliphatic rings. The summed E-state index contributed by atoms with van der Waals surface area (Å²) < 4.78 is 50.7. The van der Waals surface area contributed by atoms with Gasteiger partial charge in [-0.25, -0.2) is 22.8 Å². The number of fused-ring (bicyclic) bond motifs is 3. The van der Waals surface area contributed by atoms with Gasteiger partial charge >= 0.3 is 18.2 Å². The number of halogens is 4. The number of carboxylic acid groups (broad SMARTS) is 1. The Morgan fingerprint density at radius 3 is 1.19 bits per heavy atom. The summed E-state index contributed by atoms with van der Waals surface area (Å²) in [5.74, 6) is 0.397. The van der Waals surface area contributed by atoms with Crippen LogP contribution in [0, 0.1) is 35.2 Å². The summed E-state index contributed by atoms with van der Waals surface area (Å²) in [7, 11) is 0. The highest BCUT2D eigenvalue weighted by Gasteiger charge is 2.35. The number of carbonyl (C=O) groups excluding carboxylic acids is 4. The van der Waals surface area contributed by atoms with Gasteiger partial charge in [0.25, 0.3) is 0 Å². The van der Waals surface area contributed by atoms with Crippen LogP contribution in [0.3, 0.4) is 0 Å². The quantitative estimate of drug-likeness (QED) is 0.108. The molecule has 0 aromatic heterocycles. The van der Waals surface area contributed by atoms with E-state index in [2.05, 4.69) is 65.2 Å². The first-order chi connectivity index (χ1) is 46.0. The maximum atomic E-state index is 13.6. The molecule has 3 saturated heterocycles. The Balaban J connectivity index is 0.000000171. The van der Waals surface area contributed by atoms with Crippen LogP contribution in [0.5, 0.6) is 0 Å². The number of benzene rings is 6. The van der Waals surface area contributed by atoms with Crippen molar-refractivity contribution in [1.29, 1.82) is 0 Å². The molecule has 14 nitrogen and oxygen atoms in total. The van der Waals surface area contributed by atoms with Gasteiger partial charge in [0, 0.05) is 65.1 Å². The summed E-state index contributed by atoms with van der Waals surface area (Å²) >= 11 is 0. The highest BCUT2D eigenvalue weighted by Crippen LogP contribution is 2.39. The molecule has 0 saturated carbocycles. The Hall–Kier alpha value is -7.73. The van der Waals surface area contributed by atoms with E-state index < -0.39 is 17.2 Å². The van der Waals surface area contributed by atoms with Gasteiger partial charge in [0.1, 0.15) is 28.7 Å². The van der Waals surface area contributed by atoms with Crippen molar-refractivity contribution in [3.05, 3.63) is 213 Å². The van der Waals surface area contributed by atoms with Crippen LogP contribution >= 0.6 is 12.4 Å². The molecule has 3 N–H and O–H groups in total. The van der Waals surface area contributed by atoms with Crippen LogP contribution in [0.4, 0.5) is 22.8 Å². The lowest BCUT2D eigenvalue weighted by Crippen LogP contribution is -2.42. The average molecular weight is 1350 g/mol. The van der Waals surface area contributed by atoms with Crippen molar-refractivity contribution in [2.75, 3.05) is 58.9 Å². The summed E-state index contributed by atoms with van der Waals surface area (Å²) in [6, 6.07) is 44.8. The molecule has 0 unspecified atom stereocenters. The van der Waals surface area contributed by atoms with Crippen molar-refractivity contribution in [1.82, 2.24) is 30.2 Å². The van der Waals surface area contributed by atoms with E-state index in [1.165, 1.54) is 64.2 Å². The number of amides is 4. The lowest BCUT2D eigenvalue weighted by Gasteiger charge is -2.38. The van der Waals surface area contributed by atoms with Gasteiger partial charge in [0.2, 0.25) is 11.8 Å². The monoisotopic (exact) mass is 1350 g/mol. The van der Waals surface area contributed by atoms with Crippen LogP contribution in [0.25, 0.3) is 0 Å². The third kappa shape index (κ3) is 22.1. The van der Waals surface area contributed by atoms with Crippen molar-refractivity contribution in [2.24, 2.45) is 17.8 Å². The molecule has 3 atom stereocenters. The fourth-order valence-corrected chi connectivity index (χ4v) is 14.0. The zero-order valence-electron chi connectivity index (χ0n) is 57.4. The number of hydrogen-bond donors (Lipinski definition) is 3. The molecule has 18 heteroatoms. The molecule has 522 valence electrons. The molecule has 0 bridgehead atoms. The third-order valence-electron chi connectivity index (χ3n) is 19.2. The van der Waals surface area contributed by atoms with Crippen LogP contribution in [-0.4, -0.2) is 125 Å². The number of carboxylic acids is 1. The van der Waals surface area contributed by atoms with Crippen LogP contribution in [-0.2, 0) is 43.1 Å². The zero-order valence-corrected chi connectivity index (χ0v) is 58.2. The minimum absolute atomic E-state index is 0. The number of ether oxygens (including phenoxy) is 2. The fraction of sp³-hybridized carbons (Fsp3) is 0.481. The smallest absolute Gasteiger partial charge is 0.410 e. The van der Waals surface area contributed by atoms with E-state index in [9.17, 15) is 37.1 Å². The van der Waals surface area contributed by atoms with Gasteiger partial charge < -0.3 is 44.8 Å². The first-order valence-electron chi connectivity index (χ1n) is 34.8. The molecule has 3 fully saturated rings. The van der Waals surface area contributed by atoms with Gasteiger partial charge in [0.05, 0.1) is 18.1 Å². The van der Waals surface area contributed by atoms with Gasteiger partial charge in [-0.2, -0.15) is 0 Å². The maximum absolute atomic E-state index is 13.6. The second-order valence-electron chi connectivity index (χ2n) is 28.4. The predicted octanol–water partition coefficient (Wildman–Crippen LogP) is 15.8. The molecule has 0 spiro atoms. The normalized spacial score (nSPS) is 18.9. The van der Waals surface area contributed by atoms with Crippen LogP contribution in [0.1, 0.15) is 187 Å². The molecular weight excluding hydrogens is 1250 g/mol. The largest absolute Gasteiger partial charge is 0.481 e. The molecule has 6 heterocycles. The Labute approximate surface area is 578 Å². The predicted molar refractivity (Wildman–Crippen MR) is 376 cm³/mol. The lowest BCUT2D eigenvalue weighted by atomic mass is 9.87. The minimum Gasteiger partial charge on any atom is -0.481 e. The number of hydrogen-bond acceptors (Lipinski definition) is 9. The Kier molecular flexibility index (Phi) is 27.6. The average Bonchev–Trinajstić information content (AvgIpc) is 0.794. The van der Waals surface area contributed by atoms with Crippen LogP contribution in [0.15, 0.2) is 146 Å². The minimum atomic E-state index is -0.746. The van der Waals surface area contributed by atoms with Crippen LogP contribution < -0.4 is 10.6 Å². The number of nitrogens with zero attached hydrogens (tertiary/aromatic N) is 4. The van der Waals surface area contributed by atoms with Crippen molar-refractivity contribution < 1.29 is 51.7 Å². The van der Waals surface area contributed by atoms with E-state index in [-0.39, 0.29) is 78.4 Å². The molecular formula is C79H100ClF3N6O8. The van der Waals surface area contributed by atoms with Gasteiger partial charge in [0.15, 0.2) is 0 Å². The van der Waals surface area contributed by atoms with E-state index in [0.29, 0.717) is 69.7 Å². The van der Waals surface area contributed by atoms with Crippen molar-refractivity contribution in [3.8, 4) is 0 Å². The topological polar surface area (TPSA) is 161 Å². The second-order valence-corrected chi connectivity index (χ2v) is 28.4. The highest BCUT2D eigenvalue weighted by molar-refractivity contribution is 5.85. The summed E-state index contributed by atoms with van der Waals surface area (Å²) in [6.07, 6.45) is 11.9. The first kappa shape index (κ1) is 75.0. The summed E-state index contributed by atoms with van der Waals surface area (Å²) in [5, 5.41) is 15.5. The van der Waals surface area contributed by atoms with E-state index in [0.717, 1.165) is 119 Å². The molecule has 6 aromatic rings. The molecule has 4 amide bonds. The number of carbonyl (C=O) groups is 5. The van der Waals surface area contributed by atoms with E-state index >= 15 is 0 Å². The molecule has 97 heavy (non-hydrogen) atoms. The molecule has 6 aliphatic heterocycles. The standard InChI is InChI=1S/C28H35FN2O3.C23H27FN2O.C15H14FN.C13H23NO4.ClH/c1-28(2,3)34-27(33)30-17-14-20(15-18-30)8-13-25(32)31-19-16-21-6-4-5-7-24(21)26(31)22-9-11-23(29)12-10-22;24-20-8-6-19(7-9-20)23-21-4-2-1-3-18(21)13-16-26(23)22(27)10-5-17-11-14-25-15-12-17;16-13-7-5-12(6-8-13)15-14-4-2-1-3-11(14)9-10-17-15;1-13(2,3)18-12(17)14-8-6-10(7-9-14)4-5-11(15)16;/h4-7,9-12,20,26H,8,13-19H2,1-3H3;1-4,6-9,17,23,25H,5,10-16H2;1-8,15,17H,9-10H2;10H,4-9H2,1-3H3,(H,15,16);1H/t26-;23-;15-;;/m000../s1. The first-order valence-corrected chi connectivity index (χ1v) is 34.8. The Morgan fingerprint density at radius 1 is 0.443 bits per heavy atom. The number of piperidine rings is 3. The van der Waals surface area contributed by atoms with Crippen LogP contribution in [0.2, 0.25) is 0 Å². The SMILES string of the molecule is CC(C)(C)OC(=O)N1CCC(CCC(=O)N2CCc3ccccc3[C@@H]2c2ccc(F)cc2)CC1.CC(C)(C)OC(=O)N1CCC(CCC(=O)O)CC1.Cl.Fc1ccc([C@@H]2NCCc3ccccc32)cc1.O=C(CCC1CCNCC1)N1CCc2ccccc2[C@@H]1c1ccc(F)cc1. The van der Waals surface area contributed by atoms with Gasteiger partial charge in [-0.05, 0) is 236 Å². The molecule has 0 aliphatic carbocycles. The Morgan fingerprint density at radius 2 is 0.794 bits per heavy atom. The van der Waals surface area contributed by atoms with Crippen molar-refractivity contribution in [3.63, 3.8) is 0 Å². The van der Waals surface area contributed by atoms with E-state index in [1.807, 2.05) is 93.8 Å². The molecule has 0 radical (unpaired) electrons. The van der Waals surface area contributed by atoms with E-state index in [1.54, 1.807) is 21.9 Å². The highest BCUT2D eigenvalue weighted by atomic mass is 35.5. The number of rotatable bonds is 12. The summed E-state index contributed by atoms with van der Waals surface area (Å²) in [6.45, 7) is 18.3. The number of nitrogens with one attached hydrogen (secondary N) is 2. The third-order valence-corrected chi connectivity index (χ3v) is 19.2. The van der Waals surface area contributed by atoms with Crippen molar-refractivity contribution >= 4 is 42.4 Å². The second kappa shape index (κ2) is 35.7. The summed E-state index contributed by atoms with van der Waals surface area (Å²) in [4.78, 5) is 68.6. The zero-order chi connectivity index (χ0) is 68.4. The summed E-state index contributed by atoms with van der Waals surface area (Å²) in [5.41, 5.74) is 9.62. The van der Waals surface area contributed by atoms with Gasteiger partial charge in [-0.3, -0.25) is 14.4 Å². The number of aliphatic carboxylic acids is 1. The van der Waals surface area contributed by atoms with Crippen molar-refractivity contribution in [2.45, 2.75) is 167 Å². The molecule has 6 aromatic carbocycles.